The van der Waals surface area contributed by atoms with Gasteiger partial charge in [0.15, 0.2) is 0 Å². The molecule has 0 heterocycles. The zero-order valence-electron chi connectivity index (χ0n) is 22.1. The molecule has 25 heteroatoms. The van der Waals surface area contributed by atoms with Crippen molar-refractivity contribution in [1.29, 1.82) is 0 Å². The van der Waals surface area contributed by atoms with E-state index in [2.05, 4.69) is 0 Å². The number of rotatable bonds is 18. The van der Waals surface area contributed by atoms with E-state index in [1.807, 2.05) is 0 Å². The van der Waals surface area contributed by atoms with E-state index in [9.17, 15) is 83.1 Å². The number of alkyl halides is 17. The quantitative estimate of drug-likeness (QED) is 0.119. The molecule has 260 valence electrons. The van der Waals surface area contributed by atoms with Gasteiger partial charge in [0.05, 0.1) is 6.17 Å². The van der Waals surface area contributed by atoms with E-state index in [0.717, 1.165) is 6.92 Å². The predicted octanol–water partition coefficient (Wildman–Crippen LogP) is 6.58. The van der Waals surface area contributed by atoms with Crippen molar-refractivity contribution in [3.8, 4) is 0 Å². The van der Waals surface area contributed by atoms with E-state index in [0.29, 0.717) is 0 Å². The SMILES string of the molecule is CCCN(C[Si](OCC)(OCC)OCC)S(=O)(=O)C(F)(F)C(F)(F)C(F)(F)C(F)(F)C(F)(F)C(F)(F)C(F)(F)C(F)(F)F. The number of nitrogens with zero attached hydrogens (tertiary/aromatic N) is 1. The molecule has 0 aliphatic heterocycles. The van der Waals surface area contributed by atoms with Crippen molar-refractivity contribution in [3.63, 3.8) is 0 Å². The molecule has 0 rings (SSSR count). The fourth-order valence-corrected chi connectivity index (χ4v) is 7.93. The van der Waals surface area contributed by atoms with Gasteiger partial charge in [-0.2, -0.15) is 78.9 Å². The van der Waals surface area contributed by atoms with Crippen LogP contribution in [0.25, 0.3) is 0 Å². The molecule has 0 saturated heterocycles. The molecule has 0 aromatic heterocycles. The summed E-state index contributed by atoms with van der Waals surface area (Å²) < 4.78 is 271. The van der Waals surface area contributed by atoms with Crippen LogP contribution in [-0.2, 0) is 23.3 Å². The van der Waals surface area contributed by atoms with Crippen LogP contribution in [0, 0.1) is 0 Å². The maximum atomic E-state index is 14.8. The smallest absolute Gasteiger partial charge is 0.373 e. The first kappa shape index (κ1) is 41.8. The van der Waals surface area contributed by atoms with Crippen molar-refractivity contribution in [1.82, 2.24) is 4.31 Å². The van der Waals surface area contributed by atoms with E-state index < -0.39 is 109 Å². The van der Waals surface area contributed by atoms with Gasteiger partial charge in [-0.05, 0) is 27.2 Å². The first-order chi connectivity index (χ1) is 18.8. The van der Waals surface area contributed by atoms with E-state index in [-0.39, 0.29) is 0 Å². The average molecular weight is 718 g/mol. The molecule has 0 aromatic rings. The largest absolute Gasteiger partial charge is 0.516 e. The van der Waals surface area contributed by atoms with Gasteiger partial charge in [0, 0.05) is 26.4 Å². The summed E-state index contributed by atoms with van der Waals surface area (Å²) in [5, 5.41) is -7.68. The van der Waals surface area contributed by atoms with Crippen molar-refractivity contribution >= 4 is 18.8 Å². The standard InChI is InChI=1S/C18H24F17NO5SSi/c1-5-9-36(10-43(39-6-2,40-7-3)41-8-4)42(37,38)18(34,35)16(29,30)14(25,26)12(21,22)11(19,20)13(23,24)15(27,28)17(31,32)33/h5-10H2,1-4H3. The molecule has 0 unspecified atom stereocenters. The third kappa shape index (κ3) is 6.56. The van der Waals surface area contributed by atoms with Crippen LogP contribution >= 0.6 is 0 Å². The lowest BCUT2D eigenvalue weighted by Gasteiger charge is -2.43. The summed E-state index contributed by atoms with van der Waals surface area (Å²) >= 11 is 0. The minimum Gasteiger partial charge on any atom is -0.373 e. The van der Waals surface area contributed by atoms with Gasteiger partial charge in [-0.1, -0.05) is 6.92 Å². The second-order valence-corrected chi connectivity index (χ2v) is 12.8. The molecule has 0 amide bonds. The van der Waals surface area contributed by atoms with Gasteiger partial charge in [-0.25, -0.2) is 8.42 Å². The van der Waals surface area contributed by atoms with Gasteiger partial charge in [0.25, 0.3) is 10.0 Å². The highest BCUT2D eigenvalue weighted by Gasteiger charge is 2.96. The molecule has 0 N–H and O–H groups in total. The summed E-state index contributed by atoms with van der Waals surface area (Å²) in [6.45, 7) is 1.85. The number of sulfonamides is 1. The third-order valence-corrected chi connectivity index (χ3v) is 10.4. The Kier molecular flexibility index (Phi) is 12.5. The molecule has 0 aliphatic rings. The summed E-state index contributed by atoms with van der Waals surface area (Å²) in [7, 11) is -12.1. The monoisotopic (exact) mass is 717 g/mol. The molecule has 0 atom stereocenters. The molecule has 43 heavy (non-hydrogen) atoms. The van der Waals surface area contributed by atoms with Gasteiger partial charge in [-0.15, -0.1) is 0 Å². The fourth-order valence-electron chi connectivity index (χ4n) is 3.14. The lowest BCUT2D eigenvalue weighted by molar-refractivity contribution is -0.458. The minimum atomic E-state index is -8.91. The van der Waals surface area contributed by atoms with Crippen LogP contribution in [0.5, 0.6) is 0 Å². The van der Waals surface area contributed by atoms with E-state index in [4.69, 9.17) is 13.3 Å². The molecule has 0 bridgehead atoms. The van der Waals surface area contributed by atoms with Crippen LogP contribution < -0.4 is 0 Å². The van der Waals surface area contributed by atoms with Gasteiger partial charge in [0.2, 0.25) is 0 Å². The Bertz CT molecular complexity index is 1020. The Labute approximate surface area is 233 Å². The molecule has 0 aliphatic carbocycles. The van der Waals surface area contributed by atoms with Crippen molar-refractivity contribution in [2.75, 3.05) is 32.5 Å². The third-order valence-electron chi connectivity index (χ3n) is 5.29. The van der Waals surface area contributed by atoms with E-state index in [1.165, 1.54) is 20.8 Å². The zero-order chi connectivity index (χ0) is 34.9. The Morgan fingerprint density at radius 3 is 1.12 bits per heavy atom. The van der Waals surface area contributed by atoms with Crippen LogP contribution in [0.4, 0.5) is 74.6 Å². The highest BCUT2D eigenvalue weighted by Crippen LogP contribution is 2.64. The summed E-state index contributed by atoms with van der Waals surface area (Å²) in [4.78, 5) is 0. The van der Waals surface area contributed by atoms with Crippen LogP contribution in [-0.4, -0.2) is 101 Å². The number of hydrogen-bond acceptors (Lipinski definition) is 5. The van der Waals surface area contributed by atoms with E-state index >= 15 is 0 Å². The second kappa shape index (κ2) is 12.9. The fraction of sp³-hybridized carbons (Fsp3) is 1.00. The van der Waals surface area contributed by atoms with Crippen molar-refractivity contribution in [2.24, 2.45) is 0 Å². The van der Waals surface area contributed by atoms with Crippen LogP contribution in [0.1, 0.15) is 34.1 Å². The van der Waals surface area contributed by atoms with Crippen LogP contribution in [0.3, 0.4) is 0 Å². The van der Waals surface area contributed by atoms with Crippen molar-refractivity contribution in [3.05, 3.63) is 0 Å². The second-order valence-electron chi connectivity index (χ2n) is 8.28. The maximum Gasteiger partial charge on any atom is 0.516 e. The van der Waals surface area contributed by atoms with Crippen molar-refractivity contribution in [2.45, 2.75) is 81.1 Å². The molecule has 0 fully saturated rings. The normalized spacial score (nSPS) is 15.9. The number of halogens is 17. The highest BCUT2D eigenvalue weighted by atomic mass is 32.2. The summed E-state index contributed by atoms with van der Waals surface area (Å²) in [5.74, 6) is -52.0. The minimum absolute atomic E-state index is 0.449. The molecule has 6 nitrogen and oxygen atoms in total. The topological polar surface area (TPSA) is 65.1 Å². The maximum absolute atomic E-state index is 14.8. The summed E-state index contributed by atoms with van der Waals surface area (Å²) in [6.07, 6.45) is -10.2. The zero-order valence-corrected chi connectivity index (χ0v) is 23.9. The van der Waals surface area contributed by atoms with Crippen LogP contribution in [0.2, 0.25) is 0 Å². The lowest BCUT2D eigenvalue weighted by atomic mass is 9.91. The lowest BCUT2D eigenvalue weighted by Crippen LogP contribution is -2.75. The Morgan fingerprint density at radius 2 is 0.837 bits per heavy atom. The molecule has 0 radical (unpaired) electrons. The molecule has 0 aromatic carbocycles. The van der Waals surface area contributed by atoms with E-state index in [1.54, 1.807) is 0 Å². The highest BCUT2D eigenvalue weighted by molar-refractivity contribution is 7.90. The first-order valence-corrected chi connectivity index (χ1v) is 14.8. The van der Waals surface area contributed by atoms with Gasteiger partial charge in [0.1, 0.15) is 0 Å². The Hall–Kier alpha value is -1.18. The summed E-state index contributed by atoms with van der Waals surface area (Å²) in [5.41, 5.74) is 0. The summed E-state index contributed by atoms with van der Waals surface area (Å²) in [6, 6.07) is 0. The van der Waals surface area contributed by atoms with Gasteiger partial charge >= 0.3 is 55.8 Å². The molecule has 0 spiro atoms. The molecule has 0 saturated carbocycles. The first-order valence-electron chi connectivity index (χ1n) is 11.5. The van der Waals surface area contributed by atoms with Crippen LogP contribution in [0.15, 0.2) is 0 Å². The molecular weight excluding hydrogens is 693 g/mol. The van der Waals surface area contributed by atoms with Gasteiger partial charge in [-0.3, -0.25) is 0 Å². The average Bonchev–Trinajstić information content (AvgIpc) is 2.82. The number of hydrogen-bond donors (Lipinski definition) is 0. The predicted molar refractivity (Wildman–Crippen MR) is 112 cm³/mol. The van der Waals surface area contributed by atoms with Gasteiger partial charge < -0.3 is 13.3 Å². The Balaban J connectivity index is 7.23. The van der Waals surface area contributed by atoms with Crippen molar-refractivity contribution < 1.29 is 96.3 Å². The Morgan fingerprint density at radius 1 is 0.535 bits per heavy atom. The molecular formula is C18H24F17NO5SSi.